The molecule has 116 valence electrons. The van der Waals surface area contributed by atoms with Gasteiger partial charge in [0, 0.05) is 12.6 Å². The molecule has 3 rings (SSSR count). The maximum Gasteiger partial charge on any atom is 0.0208 e. The van der Waals surface area contributed by atoms with Gasteiger partial charge < -0.3 is 5.32 Å². The molecule has 0 spiro atoms. The van der Waals surface area contributed by atoms with E-state index in [0.29, 0.717) is 6.04 Å². The number of nitrogens with one attached hydrogen (secondary N) is 1. The normalized spacial score (nSPS) is 21.6. The third kappa shape index (κ3) is 4.45. The predicted octanol–water partition coefficient (Wildman–Crippen LogP) is 4.97. The van der Waals surface area contributed by atoms with Crippen LogP contribution >= 0.6 is 0 Å². The Labute approximate surface area is 134 Å². The lowest BCUT2D eigenvalue weighted by molar-refractivity contribution is 0.248. The minimum absolute atomic E-state index is 0.692. The zero-order valence-corrected chi connectivity index (χ0v) is 13.4. The second kappa shape index (κ2) is 8.14. The van der Waals surface area contributed by atoms with Gasteiger partial charge in [-0.3, -0.25) is 0 Å². The molecule has 1 fully saturated rings. The van der Waals surface area contributed by atoms with Crippen molar-refractivity contribution in [2.45, 2.75) is 51.1 Å². The Balaban J connectivity index is 1.52. The fraction of sp³-hybridized carbons (Fsp3) is 0.429. The standard InChI is InChI=1S/C21H27N/c1-3-9-18(10-4-1)15-16-20-13-7-8-14-21(20)22-17-19-11-5-2-6-12-19/h1-6,9-12,20-22H,7-8,13-17H2/t20-,21+/m0/s1. The zero-order chi connectivity index (χ0) is 15.0. The van der Waals surface area contributed by atoms with Crippen molar-refractivity contribution in [2.24, 2.45) is 5.92 Å². The van der Waals surface area contributed by atoms with Gasteiger partial charge in [0.25, 0.3) is 0 Å². The Morgan fingerprint density at radius 3 is 2.14 bits per heavy atom. The van der Waals surface area contributed by atoms with E-state index in [0.717, 1.165) is 12.5 Å². The summed E-state index contributed by atoms with van der Waals surface area (Å²) in [6.07, 6.45) is 8.05. The van der Waals surface area contributed by atoms with E-state index in [1.165, 1.54) is 49.7 Å². The summed E-state index contributed by atoms with van der Waals surface area (Å²) in [5.74, 6) is 0.831. The van der Waals surface area contributed by atoms with Crippen LogP contribution in [0.5, 0.6) is 0 Å². The molecule has 2 aromatic rings. The Hall–Kier alpha value is -1.60. The molecule has 0 aliphatic heterocycles. The average molecular weight is 293 g/mol. The summed E-state index contributed by atoms with van der Waals surface area (Å²) < 4.78 is 0. The van der Waals surface area contributed by atoms with Crippen LogP contribution in [0.4, 0.5) is 0 Å². The molecule has 0 aromatic heterocycles. The van der Waals surface area contributed by atoms with Gasteiger partial charge in [0.1, 0.15) is 0 Å². The molecule has 1 nitrogen and oxygen atoms in total. The predicted molar refractivity (Wildman–Crippen MR) is 93.8 cm³/mol. The minimum atomic E-state index is 0.692. The monoisotopic (exact) mass is 293 g/mol. The van der Waals surface area contributed by atoms with E-state index >= 15 is 0 Å². The van der Waals surface area contributed by atoms with Gasteiger partial charge in [-0.2, -0.15) is 0 Å². The van der Waals surface area contributed by atoms with Gasteiger partial charge in [-0.1, -0.05) is 73.5 Å². The van der Waals surface area contributed by atoms with Crippen LogP contribution in [0.1, 0.15) is 43.2 Å². The van der Waals surface area contributed by atoms with E-state index < -0.39 is 0 Å². The highest BCUT2D eigenvalue weighted by Gasteiger charge is 2.24. The van der Waals surface area contributed by atoms with Gasteiger partial charge in [0.15, 0.2) is 0 Å². The van der Waals surface area contributed by atoms with Crippen LogP contribution in [0.15, 0.2) is 60.7 Å². The van der Waals surface area contributed by atoms with E-state index in [-0.39, 0.29) is 0 Å². The Morgan fingerprint density at radius 2 is 1.41 bits per heavy atom. The van der Waals surface area contributed by atoms with Crippen LogP contribution in [-0.4, -0.2) is 6.04 Å². The SMILES string of the molecule is c1ccc(CC[C@@H]2CCCC[C@H]2NCc2ccccc2)cc1. The molecule has 0 unspecified atom stereocenters. The summed E-state index contributed by atoms with van der Waals surface area (Å²) in [6, 6.07) is 22.4. The second-order valence-electron chi connectivity index (χ2n) is 6.54. The van der Waals surface area contributed by atoms with Crippen molar-refractivity contribution in [1.29, 1.82) is 0 Å². The van der Waals surface area contributed by atoms with E-state index in [2.05, 4.69) is 66.0 Å². The van der Waals surface area contributed by atoms with Gasteiger partial charge in [-0.05, 0) is 42.7 Å². The summed E-state index contributed by atoms with van der Waals surface area (Å²) in [7, 11) is 0. The molecular formula is C21H27N. The molecule has 0 amide bonds. The molecule has 0 bridgehead atoms. The van der Waals surface area contributed by atoms with Crippen molar-refractivity contribution in [1.82, 2.24) is 5.32 Å². The molecule has 1 aliphatic carbocycles. The summed E-state index contributed by atoms with van der Waals surface area (Å²) in [5.41, 5.74) is 2.88. The summed E-state index contributed by atoms with van der Waals surface area (Å²) >= 11 is 0. The molecular weight excluding hydrogens is 266 g/mol. The Morgan fingerprint density at radius 1 is 0.773 bits per heavy atom. The zero-order valence-electron chi connectivity index (χ0n) is 13.4. The number of aryl methyl sites for hydroxylation is 1. The van der Waals surface area contributed by atoms with E-state index in [1.807, 2.05) is 0 Å². The summed E-state index contributed by atoms with van der Waals surface area (Å²) in [5, 5.41) is 3.82. The van der Waals surface area contributed by atoms with Gasteiger partial charge in [0.05, 0.1) is 0 Å². The second-order valence-corrected chi connectivity index (χ2v) is 6.54. The fourth-order valence-electron chi connectivity index (χ4n) is 3.66. The molecule has 1 heteroatoms. The lowest BCUT2D eigenvalue weighted by Crippen LogP contribution is -2.38. The molecule has 0 saturated heterocycles. The smallest absolute Gasteiger partial charge is 0.0208 e. The third-order valence-electron chi connectivity index (χ3n) is 4.97. The first-order valence-corrected chi connectivity index (χ1v) is 8.73. The maximum absolute atomic E-state index is 3.82. The van der Waals surface area contributed by atoms with Gasteiger partial charge in [-0.25, -0.2) is 0 Å². The van der Waals surface area contributed by atoms with Crippen molar-refractivity contribution in [3.05, 3.63) is 71.8 Å². The molecule has 0 heterocycles. The highest BCUT2D eigenvalue weighted by Crippen LogP contribution is 2.28. The number of hydrogen-bond acceptors (Lipinski definition) is 1. The van der Waals surface area contributed by atoms with Crippen LogP contribution < -0.4 is 5.32 Å². The van der Waals surface area contributed by atoms with E-state index in [9.17, 15) is 0 Å². The first-order valence-electron chi connectivity index (χ1n) is 8.73. The minimum Gasteiger partial charge on any atom is -0.310 e. The number of hydrogen-bond donors (Lipinski definition) is 1. The molecule has 22 heavy (non-hydrogen) atoms. The lowest BCUT2D eigenvalue weighted by Gasteiger charge is -2.32. The Bertz CT molecular complexity index is 483. The van der Waals surface area contributed by atoms with Crippen molar-refractivity contribution >= 4 is 0 Å². The molecule has 1 N–H and O–H groups in total. The van der Waals surface area contributed by atoms with E-state index in [4.69, 9.17) is 0 Å². The lowest BCUT2D eigenvalue weighted by atomic mass is 9.81. The maximum atomic E-state index is 3.82. The van der Waals surface area contributed by atoms with Crippen LogP contribution in [0.25, 0.3) is 0 Å². The van der Waals surface area contributed by atoms with E-state index in [1.54, 1.807) is 0 Å². The quantitative estimate of drug-likeness (QED) is 0.793. The largest absolute Gasteiger partial charge is 0.310 e. The van der Waals surface area contributed by atoms with Crippen molar-refractivity contribution < 1.29 is 0 Å². The first-order chi connectivity index (χ1) is 10.9. The van der Waals surface area contributed by atoms with Gasteiger partial charge >= 0.3 is 0 Å². The van der Waals surface area contributed by atoms with Gasteiger partial charge in [-0.15, -0.1) is 0 Å². The van der Waals surface area contributed by atoms with Crippen molar-refractivity contribution in [3.8, 4) is 0 Å². The number of benzene rings is 2. The van der Waals surface area contributed by atoms with Crippen LogP contribution in [0.3, 0.4) is 0 Å². The van der Waals surface area contributed by atoms with Crippen LogP contribution in [0.2, 0.25) is 0 Å². The summed E-state index contributed by atoms with van der Waals surface area (Å²) in [4.78, 5) is 0. The summed E-state index contributed by atoms with van der Waals surface area (Å²) in [6.45, 7) is 1.01. The van der Waals surface area contributed by atoms with Gasteiger partial charge in [0.2, 0.25) is 0 Å². The van der Waals surface area contributed by atoms with Crippen molar-refractivity contribution in [2.75, 3.05) is 0 Å². The average Bonchev–Trinajstić information content (AvgIpc) is 2.61. The Kier molecular flexibility index (Phi) is 5.66. The topological polar surface area (TPSA) is 12.0 Å². The molecule has 0 radical (unpaired) electrons. The fourth-order valence-corrected chi connectivity index (χ4v) is 3.66. The number of rotatable bonds is 6. The van der Waals surface area contributed by atoms with Crippen LogP contribution in [0, 0.1) is 5.92 Å². The molecule has 1 saturated carbocycles. The molecule has 2 atom stereocenters. The molecule has 1 aliphatic rings. The van der Waals surface area contributed by atoms with Crippen molar-refractivity contribution in [3.63, 3.8) is 0 Å². The molecule has 2 aromatic carbocycles. The first kappa shape index (κ1) is 15.3. The highest BCUT2D eigenvalue weighted by atomic mass is 14.9. The van der Waals surface area contributed by atoms with Crippen LogP contribution in [-0.2, 0) is 13.0 Å². The third-order valence-corrected chi connectivity index (χ3v) is 4.97. The highest BCUT2D eigenvalue weighted by molar-refractivity contribution is 5.15.